The van der Waals surface area contributed by atoms with Gasteiger partial charge >= 0.3 is 6.18 Å². The summed E-state index contributed by atoms with van der Waals surface area (Å²) in [5, 5.41) is 1.24. The van der Waals surface area contributed by atoms with Gasteiger partial charge in [-0.3, -0.25) is 0 Å². The van der Waals surface area contributed by atoms with E-state index < -0.39 is 18.6 Å². The molecule has 0 heterocycles. The monoisotopic (exact) mass is 474 g/mol. The van der Waals surface area contributed by atoms with Gasteiger partial charge in [0.1, 0.15) is 11.6 Å². The minimum atomic E-state index is -4.40. The van der Waals surface area contributed by atoms with Gasteiger partial charge in [0.25, 0.3) is 0 Å². The fourth-order valence-corrected chi connectivity index (χ4v) is 3.64. The zero-order valence-corrected chi connectivity index (χ0v) is 18.8. The lowest BCUT2D eigenvalue weighted by Gasteiger charge is -2.08. The van der Waals surface area contributed by atoms with E-state index in [0.29, 0.717) is 10.9 Å². The second-order valence-corrected chi connectivity index (χ2v) is 8.07. The van der Waals surface area contributed by atoms with E-state index in [-0.39, 0.29) is 11.3 Å². The van der Waals surface area contributed by atoms with E-state index in [1.165, 1.54) is 29.8 Å². The summed E-state index contributed by atoms with van der Waals surface area (Å²) in [6.45, 7) is 2.39. The summed E-state index contributed by atoms with van der Waals surface area (Å²) in [5.74, 6) is 5.34. The normalized spacial score (nSPS) is 11.1. The summed E-state index contributed by atoms with van der Waals surface area (Å²) in [6.07, 6.45) is -0.616. The first-order chi connectivity index (χ1) is 16.8. The molecule has 4 aromatic carbocycles. The molecular formula is C30H22F4O. The Morgan fingerprint density at radius 2 is 1.54 bits per heavy atom. The quantitative estimate of drug-likeness (QED) is 0.156. The number of rotatable bonds is 6. The molecular weight excluding hydrogens is 452 g/mol. The van der Waals surface area contributed by atoms with Crippen LogP contribution in [0.2, 0.25) is 0 Å². The molecule has 1 nitrogen and oxygen atoms in total. The lowest BCUT2D eigenvalue weighted by molar-refractivity contribution is -0.153. The largest absolute Gasteiger partial charge is 0.484 e. The molecule has 0 atom stereocenters. The van der Waals surface area contributed by atoms with Gasteiger partial charge in [-0.05, 0) is 71.3 Å². The molecule has 0 aliphatic heterocycles. The summed E-state index contributed by atoms with van der Waals surface area (Å²) < 4.78 is 56.6. The Balaban J connectivity index is 1.51. The molecule has 0 amide bonds. The number of hydrogen-bond donors (Lipinski definition) is 0. The highest BCUT2D eigenvalue weighted by atomic mass is 19.4. The average Bonchev–Trinajstić information content (AvgIpc) is 2.86. The number of hydrogen-bond acceptors (Lipinski definition) is 1. The van der Waals surface area contributed by atoms with Crippen LogP contribution < -0.4 is 4.74 Å². The zero-order chi connectivity index (χ0) is 24.8. The van der Waals surface area contributed by atoms with E-state index >= 15 is 4.39 Å². The summed E-state index contributed by atoms with van der Waals surface area (Å²) in [5.41, 5.74) is 4.08. The fraction of sp³-hybridized carbons (Fsp3) is 0.133. The van der Waals surface area contributed by atoms with Gasteiger partial charge < -0.3 is 4.74 Å². The van der Waals surface area contributed by atoms with E-state index in [2.05, 4.69) is 47.4 Å². The Morgan fingerprint density at radius 1 is 0.829 bits per heavy atom. The van der Waals surface area contributed by atoms with Crippen molar-refractivity contribution in [2.75, 3.05) is 6.61 Å². The molecule has 35 heavy (non-hydrogen) atoms. The third-order valence-electron chi connectivity index (χ3n) is 5.48. The summed E-state index contributed by atoms with van der Waals surface area (Å²) >= 11 is 0. The molecule has 0 fully saturated rings. The van der Waals surface area contributed by atoms with Crippen molar-refractivity contribution in [3.8, 4) is 28.7 Å². The van der Waals surface area contributed by atoms with Crippen LogP contribution in [-0.4, -0.2) is 12.8 Å². The summed E-state index contributed by atoms with van der Waals surface area (Å²) in [4.78, 5) is 0. The Bertz CT molecular complexity index is 1390. The number of aryl methyl sites for hydroxylation is 1. The molecule has 5 heteroatoms. The van der Waals surface area contributed by atoms with Crippen LogP contribution in [0.15, 0.2) is 91.5 Å². The molecule has 0 N–H and O–H groups in total. The topological polar surface area (TPSA) is 9.23 Å². The first-order valence-electron chi connectivity index (χ1n) is 11.1. The van der Waals surface area contributed by atoms with Crippen molar-refractivity contribution in [3.05, 3.63) is 114 Å². The van der Waals surface area contributed by atoms with Crippen LogP contribution >= 0.6 is 0 Å². The highest BCUT2D eigenvalue weighted by molar-refractivity contribution is 5.89. The standard InChI is InChI=1S/C30H22F4O/c1-2-3-4-21-5-10-23(11-6-21)25-15-18-28-26(19-25)14-13-24(29(28)31)12-7-22-8-16-27(17-9-22)35-20-30(32,33)34/h2,5-6,8-11,13-19H,1,3-4,20H2. The molecule has 4 rings (SSSR count). The van der Waals surface area contributed by atoms with Crippen molar-refractivity contribution in [3.63, 3.8) is 0 Å². The number of allylic oxidation sites excluding steroid dienone is 1. The highest BCUT2D eigenvalue weighted by Crippen LogP contribution is 2.28. The molecule has 0 spiro atoms. The van der Waals surface area contributed by atoms with Gasteiger partial charge in [-0.25, -0.2) is 4.39 Å². The van der Waals surface area contributed by atoms with Crippen LogP contribution in [0, 0.1) is 17.7 Å². The maximum absolute atomic E-state index is 15.1. The van der Waals surface area contributed by atoms with Crippen LogP contribution in [0.25, 0.3) is 21.9 Å². The second kappa shape index (κ2) is 10.5. The Hall–Kier alpha value is -4.04. The van der Waals surface area contributed by atoms with E-state index in [1.54, 1.807) is 12.1 Å². The molecule has 0 aromatic heterocycles. The molecule has 0 aliphatic rings. The molecule has 0 unspecified atom stereocenters. The lowest BCUT2D eigenvalue weighted by Crippen LogP contribution is -2.19. The van der Waals surface area contributed by atoms with Crippen LogP contribution in [0.5, 0.6) is 5.75 Å². The highest BCUT2D eigenvalue weighted by Gasteiger charge is 2.28. The molecule has 0 radical (unpaired) electrons. The van der Waals surface area contributed by atoms with Crippen LogP contribution in [0.1, 0.15) is 23.1 Å². The van der Waals surface area contributed by atoms with Gasteiger partial charge in [0.15, 0.2) is 6.61 Å². The summed E-state index contributed by atoms with van der Waals surface area (Å²) in [6, 6.07) is 23.3. The molecule has 0 bridgehead atoms. The Kier molecular flexibility index (Phi) is 7.22. The van der Waals surface area contributed by atoms with E-state index in [9.17, 15) is 13.2 Å². The fourth-order valence-electron chi connectivity index (χ4n) is 3.64. The molecule has 0 saturated heterocycles. The number of alkyl halides is 3. The summed E-state index contributed by atoms with van der Waals surface area (Å²) in [7, 11) is 0. The first kappa shape index (κ1) is 24.1. The van der Waals surface area contributed by atoms with E-state index in [0.717, 1.165) is 29.4 Å². The maximum Gasteiger partial charge on any atom is 0.422 e. The molecule has 0 aliphatic carbocycles. The van der Waals surface area contributed by atoms with Crippen LogP contribution in [0.4, 0.5) is 17.6 Å². The van der Waals surface area contributed by atoms with Crippen molar-refractivity contribution < 1.29 is 22.3 Å². The predicted molar refractivity (Wildman–Crippen MR) is 132 cm³/mol. The number of ether oxygens (including phenoxy) is 1. The van der Waals surface area contributed by atoms with Crippen molar-refractivity contribution in [2.24, 2.45) is 0 Å². The Morgan fingerprint density at radius 3 is 2.23 bits per heavy atom. The number of benzene rings is 4. The third kappa shape index (κ3) is 6.30. The van der Waals surface area contributed by atoms with Gasteiger partial charge in [-0.15, -0.1) is 6.58 Å². The molecule has 0 saturated carbocycles. The van der Waals surface area contributed by atoms with Gasteiger partial charge in [-0.1, -0.05) is 60.4 Å². The van der Waals surface area contributed by atoms with Crippen molar-refractivity contribution >= 4 is 10.8 Å². The maximum atomic E-state index is 15.1. The van der Waals surface area contributed by atoms with Gasteiger partial charge in [0.05, 0.1) is 5.56 Å². The minimum absolute atomic E-state index is 0.0898. The minimum Gasteiger partial charge on any atom is -0.484 e. The van der Waals surface area contributed by atoms with Crippen molar-refractivity contribution in [1.29, 1.82) is 0 Å². The molecule has 4 aromatic rings. The zero-order valence-electron chi connectivity index (χ0n) is 18.8. The van der Waals surface area contributed by atoms with E-state index in [1.807, 2.05) is 24.3 Å². The lowest BCUT2D eigenvalue weighted by atomic mass is 9.98. The van der Waals surface area contributed by atoms with Gasteiger partial charge in [0, 0.05) is 10.9 Å². The SMILES string of the molecule is C=CCCc1ccc(-c2ccc3c(F)c(C#Cc4ccc(OCC(F)(F)F)cc4)ccc3c2)cc1. The van der Waals surface area contributed by atoms with Crippen molar-refractivity contribution in [2.45, 2.75) is 19.0 Å². The van der Waals surface area contributed by atoms with Gasteiger partial charge in [0.2, 0.25) is 0 Å². The van der Waals surface area contributed by atoms with Gasteiger partial charge in [-0.2, -0.15) is 13.2 Å². The molecule has 176 valence electrons. The second-order valence-electron chi connectivity index (χ2n) is 8.07. The number of halogens is 4. The third-order valence-corrected chi connectivity index (χ3v) is 5.48. The predicted octanol–water partition coefficient (Wildman–Crippen LogP) is 8.11. The first-order valence-corrected chi connectivity index (χ1v) is 11.1. The average molecular weight is 474 g/mol. The van der Waals surface area contributed by atoms with Crippen molar-refractivity contribution in [1.82, 2.24) is 0 Å². The van der Waals surface area contributed by atoms with E-state index in [4.69, 9.17) is 0 Å². The smallest absolute Gasteiger partial charge is 0.422 e. The van der Waals surface area contributed by atoms with Crippen LogP contribution in [0.3, 0.4) is 0 Å². The number of fused-ring (bicyclic) bond motifs is 1. The van der Waals surface area contributed by atoms with Crippen LogP contribution in [-0.2, 0) is 6.42 Å². The Labute approximate surface area is 201 Å².